The number of hydrogen-bond acceptors (Lipinski definition) is 4. The number of pyridine rings is 1. The van der Waals surface area contributed by atoms with E-state index in [1.54, 1.807) is 24.0 Å². The van der Waals surface area contributed by atoms with E-state index < -0.39 is 0 Å². The standard InChI is InChI=1S/C15H13FN2S2/c1-11-9-19-10-18(11)15-14(16)13(7-8-17-15)20-12-5-3-2-4-6-12/h2-9H,10H2,1H3. The Bertz CT molecular complexity index is 644. The van der Waals surface area contributed by atoms with Crippen molar-refractivity contribution in [2.24, 2.45) is 0 Å². The van der Waals surface area contributed by atoms with Gasteiger partial charge in [-0.3, -0.25) is 0 Å². The summed E-state index contributed by atoms with van der Waals surface area (Å²) in [6, 6.07) is 11.5. The van der Waals surface area contributed by atoms with Crippen LogP contribution in [0.4, 0.5) is 10.2 Å². The maximum Gasteiger partial charge on any atom is 0.179 e. The Labute approximate surface area is 126 Å². The van der Waals surface area contributed by atoms with Gasteiger partial charge in [0.25, 0.3) is 0 Å². The van der Waals surface area contributed by atoms with Gasteiger partial charge in [-0.15, -0.1) is 11.8 Å². The van der Waals surface area contributed by atoms with Crippen LogP contribution in [0, 0.1) is 5.82 Å². The van der Waals surface area contributed by atoms with Crippen LogP contribution in [0.15, 0.2) is 63.5 Å². The largest absolute Gasteiger partial charge is 0.317 e. The fourth-order valence-electron chi connectivity index (χ4n) is 1.92. The zero-order valence-corrected chi connectivity index (χ0v) is 12.5. The highest BCUT2D eigenvalue weighted by molar-refractivity contribution is 8.02. The van der Waals surface area contributed by atoms with E-state index in [9.17, 15) is 4.39 Å². The zero-order valence-electron chi connectivity index (χ0n) is 10.9. The van der Waals surface area contributed by atoms with Crippen LogP contribution in [0.1, 0.15) is 6.92 Å². The summed E-state index contributed by atoms with van der Waals surface area (Å²) in [5.74, 6) is 0.871. The maximum absolute atomic E-state index is 14.6. The number of anilines is 1. The number of benzene rings is 1. The van der Waals surface area contributed by atoms with E-state index in [0.29, 0.717) is 10.7 Å². The minimum absolute atomic E-state index is 0.253. The highest BCUT2D eigenvalue weighted by Gasteiger charge is 2.21. The summed E-state index contributed by atoms with van der Waals surface area (Å²) >= 11 is 3.07. The molecule has 0 spiro atoms. The van der Waals surface area contributed by atoms with Crippen molar-refractivity contribution in [1.82, 2.24) is 4.98 Å². The number of halogens is 1. The predicted octanol–water partition coefficient (Wildman–Crippen LogP) is 4.74. The Morgan fingerprint density at radius 3 is 2.75 bits per heavy atom. The minimum atomic E-state index is -0.253. The van der Waals surface area contributed by atoms with Gasteiger partial charge < -0.3 is 4.90 Å². The van der Waals surface area contributed by atoms with Gasteiger partial charge in [-0.25, -0.2) is 9.37 Å². The van der Waals surface area contributed by atoms with Crippen LogP contribution < -0.4 is 4.90 Å². The molecule has 3 rings (SSSR count). The Morgan fingerprint density at radius 1 is 1.25 bits per heavy atom. The van der Waals surface area contributed by atoms with Gasteiger partial charge in [-0.2, -0.15) is 0 Å². The third-order valence-corrected chi connectivity index (χ3v) is 4.90. The van der Waals surface area contributed by atoms with Gasteiger partial charge in [0.05, 0.1) is 10.8 Å². The Kier molecular flexibility index (Phi) is 3.98. The number of rotatable bonds is 3. The lowest BCUT2D eigenvalue weighted by molar-refractivity contribution is 0.593. The van der Waals surface area contributed by atoms with Crippen LogP contribution in [0.2, 0.25) is 0 Å². The molecule has 0 N–H and O–H groups in total. The molecule has 0 saturated heterocycles. The molecule has 2 heterocycles. The van der Waals surface area contributed by atoms with Crippen molar-refractivity contribution in [3.63, 3.8) is 0 Å². The molecule has 0 unspecified atom stereocenters. The zero-order chi connectivity index (χ0) is 13.9. The minimum Gasteiger partial charge on any atom is -0.317 e. The normalized spacial score (nSPS) is 14.5. The van der Waals surface area contributed by atoms with E-state index in [1.807, 2.05) is 47.6 Å². The van der Waals surface area contributed by atoms with Gasteiger partial charge in [0, 0.05) is 16.8 Å². The molecule has 0 saturated carbocycles. The summed E-state index contributed by atoms with van der Waals surface area (Å²) in [5, 5.41) is 2.03. The topological polar surface area (TPSA) is 16.1 Å². The Morgan fingerprint density at radius 2 is 2.05 bits per heavy atom. The second-order valence-electron chi connectivity index (χ2n) is 4.34. The van der Waals surface area contributed by atoms with Crippen molar-refractivity contribution < 1.29 is 4.39 Å². The van der Waals surface area contributed by atoms with Crippen LogP contribution in [-0.2, 0) is 0 Å². The van der Waals surface area contributed by atoms with Crippen molar-refractivity contribution >= 4 is 29.3 Å². The summed E-state index contributed by atoms with van der Waals surface area (Å²) in [7, 11) is 0. The molecule has 0 amide bonds. The lowest BCUT2D eigenvalue weighted by Gasteiger charge is -2.19. The third-order valence-electron chi connectivity index (χ3n) is 2.95. The highest BCUT2D eigenvalue weighted by Crippen LogP contribution is 2.35. The fourth-order valence-corrected chi connectivity index (χ4v) is 3.70. The van der Waals surface area contributed by atoms with Crippen molar-refractivity contribution in [2.75, 3.05) is 10.8 Å². The van der Waals surface area contributed by atoms with Crippen LogP contribution >= 0.6 is 23.5 Å². The van der Waals surface area contributed by atoms with Crippen LogP contribution in [0.5, 0.6) is 0 Å². The fraction of sp³-hybridized carbons (Fsp3) is 0.133. The van der Waals surface area contributed by atoms with E-state index in [1.165, 1.54) is 11.8 Å². The average molecular weight is 304 g/mol. The summed E-state index contributed by atoms with van der Waals surface area (Å²) in [4.78, 5) is 7.72. The molecule has 0 radical (unpaired) electrons. The lowest BCUT2D eigenvalue weighted by atomic mass is 10.4. The molecule has 1 aliphatic heterocycles. The molecule has 102 valence electrons. The molecular formula is C15H13FN2S2. The molecule has 0 fully saturated rings. The van der Waals surface area contributed by atoms with Gasteiger partial charge >= 0.3 is 0 Å². The predicted molar refractivity (Wildman–Crippen MR) is 83.5 cm³/mol. The molecule has 1 aromatic carbocycles. The smallest absolute Gasteiger partial charge is 0.179 e. The molecule has 0 bridgehead atoms. The van der Waals surface area contributed by atoms with Crippen LogP contribution in [0.25, 0.3) is 0 Å². The molecule has 20 heavy (non-hydrogen) atoms. The van der Waals surface area contributed by atoms with E-state index >= 15 is 0 Å². The molecule has 5 heteroatoms. The first-order valence-electron chi connectivity index (χ1n) is 6.19. The number of allylic oxidation sites excluding steroid dienone is 1. The monoisotopic (exact) mass is 304 g/mol. The van der Waals surface area contributed by atoms with Crippen molar-refractivity contribution in [3.05, 3.63) is 59.5 Å². The van der Waals surface area contributed by atoms with Crippen LogP contribution in [-0.4, -0.2) is 10.9 Å². The van der Waals surface area contributed by atoms with Gasteiger partial charge in [-0.1, -0.05) is 30.0 Å². The number of aromatic nitrogens is 1. The molecule has 2 aromatic rings. The number of nitrogens with zero attached hydrogens (tertiary/aromatic N) is 2. The molecule has 1 aromatic heterocycles. The summed E-state index contributed by atoms with van der Waals surface area (Å²) in [5.41, 5.74) is 1.03. The van der Waals surface area contributed by atoms with E-state index in [0.717, 1.165) is 16.5 Å². The van der Waals surface area contributed by atoms with E-state index in [2.05, 4.69) is 4.98 Å². The van der Waals surface area contributed by atoms with Crippen molar-refractivity contribution in [3.8, 4) is 0 Å². The third kappa shape index (κ3) is 2.69. The van der Waals surface area contributed by atoms with E-state index in [4.69, 9.17) is 0 Å². The first-order chi connectivity index (χ1) is 9.75. The highest BCUT2D eigenvalue weighted by atomic mass is 32.2. The molecule has 0 atom stereocenters. The Balaban J connectivity index is 1.92. The molecule has 1 aliphatic rings. The quantitative estimate of drug-likeness (QED) is 0.813. The second-order valence-corrected chi connectivity index (χ2v) is 6.29. The SMILES string of the molecule is CC1=CSCN1c1nccc(Sc2ccccc2)c1F. The lowest BCUT2D eigenvalue weighted by Crippen LogP contribution is -2.19. The summed E-state index contributed by atoms with van der Waals surface area (Å²) < 4.78 is 14.6. The Hall–Kier alpha value is -1.46. The first kappa shape index (κ1) is 13.5. The molecular weight excluding hydrogens is 291 g/mol. The maximum atomic E-state index is 14.6. The van der Waals surface area contributed by atoms with Crippen molar-refractivity contribution in [1.29, 1.82) is 0 Å². The van der Waals surface area contributed by atoms with Gasteiger partial charge in [0.2, 0.25) is 0 Å². The number of thioether (sulfide) groups is 1. The van der Waals surface area contributed by atoms with Gasteiger partial charge in [0.15, 0.2) is 11.6 Å². The van der Waals surface area contributed by atoms with Gasteiger partial charge in [-0.05, 0) is 30.5 Å². The van der Waals surface area contributed by atoms with Gasteiger partial charge in [0.1, 0.15) is 0 Å². The molecule has 2 nitrogen and oxygen atoms in total. The number of hydrogen-bond donors (Lipinski definition) is 0. The molecule has 0 aliphatic carbocycles. The second kappa shape index (κ2) is 5.89. The van der Waals surface area contributed by atoms with Crippen LogP contribution in [0.3, 0.4) is 0 Å². The van der Waals surface area contributed by atoms with Crippen molar-refractivity contribution in [2.45, 2.75) is 16.7 Å². The summed E-state index contributed by atoms with van der Waals surface area (Å²) in [6.07, 6.45) is 1.67. The average Bonchev–Trinajstić information content (AvgIpc) is 2.88. The first-order valence-corrected chi connectivity index (χ1v) is 8.05. The summed E-state index contributed by atoms with van der Waals surface area (Å²) in [6.45, 7) is 1.97. The van der Waals surface area contributed by atoms with E-state index in [-0.39, 0.29) is 5.82 Å².